The van der Waals surface area contributed by atoms with Crippen LogP contribution < -0.4 is 5.32 Å². The zero-order valence-corrected chi connectivity index (χ0v) is 11.3. The number of nitrogens with zero attached hydrogens (tertiary/aromatic N) is 1. The van der Waals surface area contributed by atoms with Crippen molar-refractivity contribution in [2.24, 2.45) is 0 Å². The fraction of sp³-hybridized carbons (Fsp3) is 1.00. The maximum atomic E-state index is 5.71. The summed E-state index contributed by atoms with van der Waals surface area (Å²) in [5.41, 5.74) is 0. The molecule has 0 amide bonds. The molecule has 0 aromatic heterocycles. The highest BCUT2D eigenvalue weighted by molar-refractivity contribution is 4.80. The fourth-order valence-corrected chi connectivity index (χ4v) is 2.59. The summed E-state index contributed by atoms with van der Waals surface area (Å²) in [5, 5.41) is 3.54. The lowest BCUT2D eigenvalue weighted by atomic mass is 10.1. The highest BCUT2D eigenvalue weighted by Crippen LogP contribution is 2.18. The first kappa shape index (κ1) is 13.3. The Morgan fingerprint density at radius 3 is 2.76 bits per heavy atom. The third kappa shape index (κ3) is 5.36. The molecule has 0 spiro atoms. The standard InChI is InChI=1S/C14H28N2O/c1-16-10-4-5-14(16)8-12-17-11-3-2-9-15-13-6-7-13/h13-15H,2-12H2,1H3. The molecule has 1 N–H and O–H groups in total. The second kappa shape index (κ2) is 7.34. The molecule has 2 rings (SSSR count). The van der Waals surface area contributed by atoms with Gasteiger partial charge in [-0.1, -0.05) is 0 Å². The van der Waals surface area contributed by atoms with Gasteiger partial charge in [-0.05, 0) is 65.1 Å². The molecule has 0 bridgehead atoms. The molecule has 17 heavy (non-hydrogen) atoms. The minimum Gasteiger partial charge on any atom is -0.381 e. The third-order valence-corrected chi connectivity index (χ3v) is 3.99. The van der Waals surface area contributed by atoms with Gasteiger partial charge in [-0.25, -0.2) is 0 Å². The Bertz CT molecular complexity index is 206. The summed E-state index contributed by atoms with van der Waals surface area (Å²) in [6.45, 7) is 4.35. The number of rotatable bonds is 9. The molecule has 3 heteroatoms. The van der Waals surface area contributed by atoms with Crippen molar-refractivity contribution in [2.45, 2.75) is 57.0 Å². The first-order valence-corrected chi connectivity index (χ1v) is 7.37. The van der Waals surface area contributed by atoms with Crippen LogP contribution in [0.4, 0.5) is 0 Å². The second-order valence-corrected chi connectivity index (χ2v) is 5.61. The molecule has 1 saturated heterocycles. The Balaban J connectivity index is 1.33. The Kier molecular flexibility index (Phi) is 5.75. The molecule has 1 heterocycles. The van der Waals surface area contributed by atoms with Crippen LogP contribution in [0.15, 0.2) is 0 Å². The van der Waals surface area contributed by atoms with E-state index < -0.39 is 0 Å². The van der Waals surface area contributed by atoms with Crippen molar-refractivity contribution in [3.05, 3.63) is 0 Å². The Morgan fingerprint density at radius 2 is 2.06 bits per heavy atom. The number of hydrogen-bond acceptors (Lipinski definition) is 3. The van der Waals surface area contributed by atoms with Gasteiger partial charge in [-0.2, -0.15) is 0 Å². The summed E-state index contributed by atoms with van der Waals surface area (Å²) < 4.78 is 5.71. The van der Waals surface area contributed by atoms with Crippen LogP contribution in [0.25, 0.3) is 0 Å². The highest BCUT2D eigenvalue weighted by atomic mass is 16.5. The van der Waals surface area contributed by atoms with Crippen molar-refractivity contribution >= 4 is 0 Å². The summed E-state index contributed by atoms with van der Waals surface area (Å²) in [6.07, 6.45) is 9.22. The van der Waals surface area contributed by atoms with E-state index in [2.05, 4.69) is 17.3 Å². The summed E-state index contributed by atoms with van der Waals surface area (Å²) in [6, 6.07) is 1.64. The predicted octanol–water partition coefficient (Wildman–Crippen LogP) is 2.02. The molecule has 0 radical (unpaired) electrons. The van der Waals surface area contributed by atoms with Crippen LogP contribution >= 0.6 is 0 Å². The molecule has 2 aliphatic rings. The quantitative estimate of drug-likeness (QED) is 0.624. The van der Waals surface area contributed by atoms with Gasteiger partial charge in [0.2, 0.25) is 0 Å². The molecule has 1 saturated carbocycles. The molecule has 3 nitrogen and oxygen atoms in total. The van der Waals surface area contributed by atoms with Crippen LogP contribution in [0, 0.1) is 0 Å². The van der Waals surface area contributed by atoms with Gasteiger partial charge in [-0.15, -0.1) is 0 Å². The summed E-state index contributed by atoms with van der Waals surface area (Å²) in [5.74, 6) is 0. The van der Waals surface area contributed by atoms with Crippen molar-refractivity contribution in [1.82, 2.24) is 10.2 Å². The minimum absolute atomic E-state index is 0.784. The topological polar surface area (TPSA) is 24.5 Å². The summed E-state index contributed by atoms with van der Waals surface area (Å²) >= 11 is 0. The number of ether oxygens (including phenoxy) is 1. The van der Waals surface area contributed by atoms with Gasteiger partial charge >= 0.3 is 0 Å². The zero-order valence-electron chi connectivity index (χ0n) is 11.3. The van der Waals surface area contributed by atoms with E-state index in [-0.39, 0.29) is 0 Å². The molecule has 100 valence electrons. The van der Waals surface area contributed by atoms with E-state index in [1.807, 2.05) is 0 Å². The predicted molar refractivity (Wildman–Crippen MR) is 71.3 cm³/mol. The number of hydrogen-bond donors (Lipinski definition) is 1. The maximum absolute atomic E-state index is 5.71. The van der Waals surface area contributed by atoms with Gasteiger partial charge in [0, 0.05) is 25.3 Å². The van der Waals surface area contributed by atoms with E-state index in [1.54, 1.807) is 0 Å². The van der Waals surface area contributed by atoms with E-state index in [9.17, 15) is 0 Å². The SMILES string of the molecule is CN1CCCC1CCOCCCCNC1CC1. The molecular weight excluding hydrogens is 212 g/mol. The van der Waals surface area contributed by atoms with E-state index in [4.69, 9.17) is 4.74 Å². The van der Waals surface area contributed by atoms with Crippen molar-refractivity contribution in [2.75, 3.05) is 33.4 Å². The van der Waals surface area contributed by atoms with Crippen molar-refractivity contribution in [3.63, 3.8) is 0 Å². The van der Waals surface area contributed by atoms with Crippen LogP contribution in [0.5, 0.6) is 0 Å². The minimum atomic E-state index is 0.784. The maximum Gasteiger partial charge on any atom is 0.0480 e. The number of nitrogens with one attached hydrogen (secondary N) is 1. The van der Waals surface area contributed by atoms with Crippen LogP contribution in [0.1, 0.15) is 44.9 Å². The van der Waals surface area contributed by atoms with Crippen LogP contribution in [0.2, 0.25) is 0 Å². The van der Waals surface area contributed by atoms with Gasteiger partial charge < -0.3 is 15.0 Å². The summed E-state index contributed by atoms with van der Waals surface area (Å²) in [7, 11) is 2.24. The summed E-state index contributed by atoms with van der Waals surface area (Å²) in [4.78, 5) is 2.48. The average molecular weight is 240 g/mol. The zero-order chi connectivity index (χ0) is 11.9. The number of likely N-dealkylation sites (tertiary alicyclic amines) is 1. The molecule has 1 atom stereocenters. The average Bonchev–Trinajstić information content (AvgIpc) is 3.06. The van der Waals surface area contributed by atoms with E-state index in [0.717, 1.165) is 25.3 Å². The van der Waals surface area contributed by atoms with E-state index >= 15 is 0 Å². The normalized spacial score (nSPS) is 25.6. The first-order valence-electron chi connectivity index (χ1n) is 7.37. The van der Waals surface area contributed by atoms with Crippen LogP contribution in [-0.4, -0.2) is 50.3 Å². The van der Waals surface area contributed by atoms with Crippen molar-refractivity contribution < 1.29 is 4.74 Å². The molecule has 0 aromatic carbocycles. The molecular formula is C14H28N2O. The first-order chi connectivity index (χ1) is 8.36. The third-order valence-electron chi connectivity index (χ3n) is 3.99. The lowest BCUT2D eigenvalue weighted by molar-refractivity contribution is 0.110. The largest absolute Gasteiger partial charge is 0.381 e. The molecule has 2 fully saturated rings. The fourth-order valence-electron chi connectivity index (χ4n) is 2.59. The Labute approximate surface area is 106 Å². The Morgan fingerprint density at radius 1 is 1.18 bits per heavy atom. The lowest BCUT2D eigenvalue weighted by Crippen LogP contribution is -2.26. The number of unbranched alkanes of at least 4 members (excludes halogenated alkanes) is 1. The van der Waals surface area contributed by atoms with Gasteiger partial charge in [-0.3, -0.25) is 0 Å². The van der Waals surface area contributed by atoms with Crippen LogP contribution in [-0.2, 0) is 4.74 Å². The molecule has 1 unspecified atom stereocenters. The van der Waals surface area contributed by atoms with Crippen molar-refractivity contribution in [1.29, 1.82) is 0 Å². The lowest BCUT2D eigenvalue weighted by Gasteiger charge is -2.18. The molecule has 1 aliphatic carbocycles. The van der Waals surface area contributed by atoms with E-state index in [1.165, 1.54) is 58.0 Å². The Hall–Kier alpha value is -0.120. The van der Waals surface area contributed by atoms with Gasteiger partial charge in [0.15, 0.2) is 0 Å². The smallest absolute Gasteiger partial charge is 0.0480 e. The molecule has 1 aliphatic heterocycles. The monoisotopic (exact) mass is 240 g/mol. The van der Waals surface area contributed by atoms with E-state index in [0.29, 0.717) is 0 Å². The highest BCUT2D eigenvalue weighted by Gasteiger charge is 2.20. The van der Waals surface area contributed by atoms with Gasteiger partial charge in [0.05, 0.1) is 0 Å². The second-order valence-electron chi connectivity index (χ2n) is 5.61. The van der Waals surface area contributed by atoms with Gasteiger partial charge in [0.1, 0.15) is 0 Å². The van der Waals surface area contributed by atoms with Crippen molar-refractivity contribution in [3.8, 4) is 0 Å². The molecule has 0 aromatic rings. The van der Waals surface area contributed by atoms with Crippen LogP contribution in [0.3, 0.4) is 0 Å². The van der Waals surface area contributed by atoms with Gasteiger partial charge in [0.25, 0.3) is 0 Å².